The maximum Gasteiger partial charge on any atom is 0.166 e. The van der Waals surface area contributed by atoms with Gasteiger partial charge in [-0.25, -0.2) is 4.39 Å². The van der Waals surface area contributed by atoms with E-state index in [0.29, 0.717) is 11.4 Å². The molecule has 0 saturated carbocycles. The van der Waals surface area contributed by atoms with E-state index in [2.05, 4.69) is 9.88 Å². The maximum absolute atomic E-state index is 13.9. The lowest BCUT2D eigenvalue weighted by atomic mass is 10.1. The third-order valence-corrected chi connectivity index (χ3v) is 4.62. The molecule has 0 atom stereocenters. The first-order chi connectivity index (χ1) is 10.7. The molecule has 0 spiro atoms. The van der Waals surface area contributed by atoms with Gasteiger partial charge in [0.15, 0.2) is 5.82 Å². The first-order valence-electron chi connectivity index (χ1n) is 8.22. The van der Waals surface area contributed by atoms with Gasteiger partial charge < -0.3 is 20.3 Å². The van der Waals surface area contributed by atoms with Gasteiger partial charge in [0.25, 0.3) is 0 Å². The zero-order valence-corrected chi connectivity index (χ0v) is 13.0. The molecule has 2 saturated heterocycles. The summed E-state index contributed by atoms with van der Waals surface area (Å²) in [6.45, 7) is 5.81. The molecule has 1 aromatic rings. The first-order valence-corrected chi connectivity index (χ1v) is 8.22. The molecule has 2 aliphatic rings. The van der Waals surface area contributed by atoms with E-state index in [1.54, 1.807) is 0 Å². The number of hydrogen-bond acceptors (Lipinski definition) is 5. The number of anilines is 2. The van der Waals surface area contributed by atoms with Crippen molar-refractivity contribution in [3.05, 3.63) is 18.2 Å². The van der Waals surface area contributed by atoms with Crippen LogP contribution in [0, 0.1) is 5.82 Å². The number of nitrogens with two attached hydrogens (primary N) is 1. The Morgan fingerprint density at radius 3 is 2.59 bits per heavy atom. The van der Waals surface area contributed by atoms with Crippen LogP contribution in [-0.4, -0.2) is 55.3 Å². The third kappa shape index (κ3) is 3.67. The molecule has 5 nitrogen and oxygen atoms in total. The van der Waals surface area contributed by atoms with E-state index in [1.165, 1.54) is 38.3 Å². The number of hydrogen-bond donors (Lipinski definition) is 1. The summed E-state index contributed by atoms with van der Waals surface area (Å²) in [4.78, 5) is 8.24. The summed E-state index contributed by atoms with van der Waals surface area (Å²) in [6, 6.07) is 0. The molecule has 6 heteroatoms. The van der Waals surface area contributed by atoms with E-state index < -0.39 is 0 Å². The number of nitrogens with zero attached hydrogens (tertiary/aromatic N) is 3. The Morgan fingerprint density at radius 2 is 1.91 bits per heavy atom. The van der Waals surface area contributed by atoms with E-state index in [1.807, 2.05) is 4.90 Å². The number of piperidine rings is 1. The number of aromatic nitrogens is 1. The van der Waals surface area contributed by atoms with Crippen LogP contribution in [0.3, 0.4) is 0 Å². The van der Waals surface area contributed by atoms with Crippen molar-refractivity contribution in [3.63, 3.8) is 0 Å². The van der Waals surface area contributed by atoms with E-state index in [-0.39, 0.29) is 11.9 Å². The second-order valence-electron chi connectivity index (χ2n) is 6.17. The molecule has 3 heterocycles. The lowest BCUT2D eigenvalue weighted by Crippen LogP contribution is -2.38. The molecule has 1 aromatic heterocycles. The van der Waals surface area contributed by atoms with Gasteiger partial charge in [-0.05, 0) is 38.8 Å². The van der Waals surface area contributed by atoms with Crippen LogP contribution >= 0.6 is 0 Å². The number of pyridine rings is 1. The summed E-state index contributed by atoms with van der Waals surface area (Å²) in [5.41, 5.74) is 6.76. The first kappa shape index (κ1) is 15.5. The average Bonchev–Trinajstić information content (AvgIpc) is 3.02. The van der Waals surface area contributed by atoms with Gasteiger partial charge in [-0.15, -0.1) is 0 Å². The van der Waals surface area contributed by atoms with E-state index in [9.17, 15) is 4.39 Å². The minimum absolute atomic E-state index is 0.282. The molecular weight excluding hydrogens is 283 g/mol. The summed E-state index contributed by atoms with van der Waals surface area (Å²) >= 11 is 0. The van der Waals surface area contributed by atoms with Crippen LogP contribution in [0.25, 0.3) is 0 Å². The normalized spacial score (nSPS) is 20.7. The molecule has 2 N–H and O–H groups in total. The summed E-state index contributed by atoms with van der Waals surface area (Å²) in [5.74, 6) is -0.339. The van der Waals surface area contributed by atoms with Crippen LogP contribution < -0.4 is 10.6 Å². The highest BCUT2D eigenvalue weighted by atomic mass is 19.1. The Labute approximate surface area is 131 Å². The number of rotatable bonds is 5. The second-order valence-corrected chi connectivity index (χ2v) is 6.17. The highest BCUT2D eigenvalue weighted by molar-refractivity contribution is 5.67. The fraction of sp³-hybridized carbons (Fsp3) is 0.688. The third-order valence-electron chi connectivity index (χ3n) is 4.62. The van der Waals surface area contributed by atoms with Gasteiger partial charge in [0.05, 0.1) is 36.5 Å². The van der Waals surface area contributed by atoms with Crippen molar-refractivity contribution in [2.45, 2.75) is 31.8 Å². The van der Waals surface area contributed by atoms with Gasteiger partial charge >= 0.3 is 0 Å². The standard InChI is InChI=1S/C16H25FN4O/c17-14-11-19-12-15(18)16(14)21-7-3-13(4-8-21)22-10-9-20-5-1-2-6-20/h11-13H,1-10,18H2. The molecule has 122 valence electrons. The van der Waals surface area contributed by atoms with E-state index in [4.69, 9.17) is 10.5 Å². The Bertz CT molecular complexity index is 465. The van der Waals surface area contributed by atoms with Crippen LogP contribution in [0.2, 0.25) is 0 Å². The smallest absolute Gasteiger partial charge is 0.166 e. The predicted octanol–water partition coefficient (Wildman–Crippen LogP) is 1.88. The van der Waals surface area contributed by atoms with Crippen molar-refractivity contribution < 1.29 is 9.13 Å². The van der Waals surface area contributed by atoms with Crippen LogP contribution in [0.5, 0.6) is 0 Å². The molecular formula is C16H25FN4O. The molecule has 0 radical (unpaired) electrons. The highest BCUT2D eigenvalue weighted by Crippen LogP contribution is 2.28. The van der Waals surface area contributed by atoms with Gasteiger partial charge in [0.2, 0.25) is 0 Å². The molecule has 0 amide bonds. The van der Waals surface area contributed by atoms with Crippen molar-refractivity contribution in [1.82, 2.24) is 9.88 Å². The lowest BCUT2D eigenvalue weighted by Gasteiger charge is -2.34. The predicted molar refractivity (Wildman–Crippen MR) is 85.5 cm³/mol. The number of ether oxygens (including phenoxy) is 1. The Balaban J connectivity index is 1.44. The SMILES string of the molecule is Nc1cncc(F)c1N1CCC(OCCN2CCCC2)CC1. The molecule has 2 aliphatic heterocycles. The van der Waals surface area contributed by atoms with Crippen molar-refractivity contribution in [1.29, 1.82) is 0 Å². The second kappa shape index (κ2) is 7.24. The zero-order chi connectivity index (χ0) is 15.4. The van der Waals surface area contributed by atoms with Gasteiger partial charge in [0, 0.05) is 19.6 Å². The maximum atomic E-state index is 13.9. The minimum atomic E-state index is -0.339. The van der Waals surface area contributed by atoms with Gasteiger partial charge in [-0.1, -0.05) is 0 Å². The molecule has 2 fully saturated rings. The quantitative estimate of drug-likeness (QED) is 0.900. The molecule has 0 aromatic carbocycles. The van der Waals surface area contributed by atoms with Crippen LogP contribution in [0.15, 0.2) is 12.4 Å². The Morgan fingerprint density at radius 1 is 1.18 bits per heavy atom. The average molecular weight is 308 g/mol. The highest BCUT2D eigenvalue weighted by Gasteiger charge is 2.23. The van der Waals surface area contributed by atoms with Crippen molar-refractivity contribution in [3.8, 4) is 0 Å². The fourth-order valence-electron chi connectivity index (χ4n) is 3.38. The summed E-state index contributed by atoms with van der Waals surface area (Å²) < 4.78 is 19.9. The molecule has 0 bridgehead atoms. The largest absolute Gasteiger partial charge is 0.396 e. The summed E-state index contributed by atoms with van der Waals surface area (Å²) in [7, 11) is 0. The van der Waals surface area contributed by atoms with Crippen molar-refractivity contribution in [2.24, 2.45) is 0 Å². The van der Waals surface area contributed by atoms with Crippen LogP contribution in [0.1, 0.15) is 25.7 Å². The number of nitrogen functional groups attached to an aromatic ring is 1. The zero-order valence-electron chi connectivity index (χ0n) is 13.0. The monoisotopic (exact) mass is 308 g/mol. The molecule has 0 aliphatic carbocycles. The topological polar surface area (TPSA) is 54.6 Å². The van der Waals surface area contributed by atoms with Crippen LogP contribution in [-0.2, 0) is 4.74 Å². The number of halogens is 1. The van der Waals surface area contributed by atoms with Crippen molar-refractivity contribution in [2.75, 3.05) is 50.0 Å². The summed E-state index contributed by atoms with van der Waals surface area (Å²) in [5, 5.41) is 0. The lowest BCUT2D eigenvalue weighted by molar-refractivity contribution is 0.0265. The number of likely N-dealkylation sites (tertiary alicyclic amines) is 1. The summed E-state index contributed by atoms with van der Waals surface area (Å²) in [6.07, 6.45) is 7.49. The van der Waals surface area contributed by atoms with Gasteiger partial charge in [-0.3, -0.25) is 4.98 Å². The Hall–Kier alpha value is -1.40. The Kier molecular flexibility index (Phi) is 5.10. The molecule has 3 rings (SSSR count). The van der Waals surface area contributed by atoms with Gasteiger partial charge in [-0.2, -0.15) is 0 Å². The van der Waals surface area contributed by atoms with Crippen molar-refractivity contribution >= 4 is 11.4 Å². The van der Waals surface area contributed by atoms with Gasteiger partial charge in [0.1, 0.15) is 0 Å². The molecule has 22 heavy (non-hydrogen) atoms. The minimum Gasteiger partial charge on any atom is -0.396 e. The van der Waals surface area contributed by atoms with E-state index in [0.717, 1.165) is 39.1 Å². The van der Waals surface area contributed by atoms with E-state index >= 15 is 0 Å². The molecule has 0 unspecified atom stereocenters. The van der Waals surface area contributed by atoms with Crippen LogP contribution in [0.4, 0.5) is 15.8 Å². The fourth-order valence-corrected chi connectivity index (χ4v) is 3.38.